The number of allylic oxidation sites excluding steroid dienone is 2. The van der Waals surface area contributed by atoms with Gasteiger partial charge in [-0.25, -0.2) is 0 Å². The topological polar surface area (TPSA) is 0 Å². The molecular weight excluding hydrogens is 448 g/mol. The maximum atomic E-state index is 2.91. The lowest BCUT2D eigenvalue weighted by molar-refractivity contribution is -0.179. The largest absolute Gasteiger partial charge is 0.146 e. The lowest BCUT2D eigenvalue weighted by Gasteiger charge is -2.71. The highest BCUT2D eigenvalue weighted by molar-refractivity contribution is 8.20. The van der Waals surface area contributed by atoms with E-state index in [1.807, 2.05) is 5.57 Å². The second kappa shape index (κ2) is 7.74. The molecule has 1 saturated heterocycles. The van der Waals surface area contributed by atoms with Gasteiger partial charge in [-0.1, -0.05) is 66.5 Å². The monoisotopic (exact) mass is 500 g/mol. The Hall–Kier alpha value is 0.440. The first kappa shape index (κ1) is 24.8. The van der Waals surface area contributed by atoms with Crippen LogP contribution in [0, 0.1) is 50.2 Å². The van der Waals surface area contributed by atoms with E-state index >= 15 is 0 Å². The van der Waals surface area contributed by atoms with Crippen LogP contribution in [0.15, 0.2) is 11.6 Å². The highest BCUT2D eigenvalue weighted by atomic mass is 32.2. The normalized spacial score (nSPS) is 52.1. The average Bonchev–Trinajstić information content (AvgIpc) is 3.29. The second-order valence-electron chi connectivity index (χ2n) is 15.9. The number of hydrogen-bond donors (Lipinski definition) is 0. The molecule has 0 N–H and O–H groups in total. The van der Waals surface area contributed by atoms with Crippen molar-refractivity contribution in [1.29, 1.82) is 0 Å². The van der Waals surface area contributed by atoms with Crippen molar-refractivity contribution in [1.82, 2.24) is 0 Å². The highest BCUT2D eigenvalue weighted by Gasteiger charge is 2.68. The van der Waals surface area contributed by atoms with Gasteiger partial charge in [0.05, 0.1) is 4.58 Å². The van der Waals surface area contributed by atoms with Gasteiger partial charge in [0.2, 0.25) is 0 Å². The zero-order valence-corrected chi connectivity index (χ0v) is 25.0. The van der Waals surface area contributed by atoms with Gasteiger partial charge in [-0.2, -0.15) is 0 Å². The first-order valence-electron chi connectivity index (χ1n) is 14.8. The molecule has 0 aromatic rings. The predicted octanol–water partition coefficient (Wildman–Crippen LogP) is 9.98. The molecule has 6 rings (SSSR count). The van der Waals surface area contributed by atoms with Gasteiger partial charge < -0.3 is 0 Å². The van der Waals surface area contributed by atoms with Crippen LogP contribution in [-0.2, 0) is 0 Å². The Kier molecular flexibility index (Phi) is 5.63. The van der Waals surface area contributed by atoms with Crippen LogP contribution in [0.25, 0.3) is 0 Å². The zero-order chi connectivity index (χ0) is 24.2. The maximum Gasteiger partial charge on any atom is 0.0564 e. The van der Waals surface area contributed by atoms with Crippen molar-refractivity contribution in [2.24, 2.45) is 50.2 Å². The van der Waals surface area contributed by atoms with E-state index in [2.05, 4.69) is 78.1 Å². The van der Waals surface area contributed by atoms with Crippen molar-refractivity contribution >= 4 is 23.5 Å². The van der Waals surface area contributed by atoms with Gasteiger partial charge in [0, 0.05) is 11.5 Å². The third-order valence-corrected chi connectivity index (χ3v) is 17.0. The van der Waals surface area contributed by atoms with E-state index in [1.165, 1.54) is 82.1 Å². The van der Waals surface area contributed by atoms with Crippen LogP contribution in [-0.4, -0.2) is 16.1 Å². The van der Waals surface area contributed by atoms with E-state index in [9.17, 15) is 0 Å². The Morgan fingerprint density at radius 3 is 2.21 bits per heavy atom. The molecule has 5 fully saturated rings. The zero-order valence-electron chi connectivity index (χ0n) is 23.4. The van der Waals surface area contributed by atoms with Crippen LogP contribution in [0.2, 0.25) is 0 Å². The van der Waals surface area contributed by atoms with E-state index in [-0.39, 0.29) is 0 Å². The molecule has 1 heterocycles. The van der Waals surface area contributed by atoms with E-state index in [1.54, 1.807) is 0 Å². The number of rotatable bonds is 1. The molecule has 0 aromatic heterocycles. The van der Waals surface area contributed by atoms with Gasteiger partial charge in [-0.05, 0) is 114 Å². The molecule has 2 heteroatoms. The summed E-state index contributed by atoms with van der Waals surface area (Å²) in [6.07, 6.45) is 19.0. The Labute approximate surface area is 220 Å². The van der Waals surface area contributed by atoms with Crippen molar-refractivity contribution in [3.05, 3.63) is 11.6 Å². The van der Waals surface area contributed by atoms with Gasteiger partial charge >= 0.3 is 0 Å². The number of hydrogen-bond acceptors (Lipinski definition) is 2. The molecule has 34 heavy (non-hydrogen) atoms. The summed E-state index contributed by atoms with van der Waals surface area (Å²) in [7, 11) is 0. The van der Waals surface area contributed by atoms with E-state index in [4.69, 9.17) is 0 Å². The minimum atomic E-state index is 0.418. The summed E-state index contributed by atoms with van der Waals surface area (Å²) in [5, 5.41) is 0. The molecule has 0 bridgehead atoms. The molecule has 0 nitrogen and oxygen atoms in total. The van der Waals surface area contributed by atoms with Crippen molar-refractivity contribution in [2.75, 3.05) is 11.5 Å². The Balaban J connectivity index is 1.43. The van der Waals surface area contributed by atoms with E-state index in [0.29, 0.717) is 32.5 Å². The van der Waals surface area contributed by atoms with Crippen LogP contribution < -0.4 is 0 Å². The summed E-state index contributed by atoms with van der Waals surface area (Å²) in [6, 6.07) is 0. The SMILES string of the molecule is CC1(C)CC[C@]2(C3SCCS3)CC[C@]3(C)C(=CC[C@@H]4[C@@]5(C)CCCC(C)(C)[C@@H]5CC[C@]43C)[C@@H]2C1. The fraction of sp³-hybridized carbons (Fsp3) is 0.938. The Bertz CT molecular complexity index is 864. The van der Waals surface area contributed by atoms with Crippen molar-refractivity contribution < 1.29 is 0 Å². The van der Waals surface area contributed by atoms with Crippen LogP contribution in [0.5, 0.6) is 0 Å². The summed E-state index contributed by atoms with van der Waals surface area (Å²) in [5.74, 6) is 5.42. The summed E-state index contributed by atoms with van der Waals surface area (Å²) < 4.78 is 0.858. The molecule has 4 saturated carbocycles. The minimum Gasteiger partial charge on any atom is -0.146 e. The summed E-state index contributed by atoms with van der Waals surface area (Å²) in [4.78, 5) is 0. The summed E-state index contributed by atoms with van der Waals surface area (Å²) >= 11 is 4.67. The van der Waals surface area contributed by atoms with Crippen LogP contribution in [0.1, 0.15) is 119 Å². The van der Waals surface area contributed by atoms with Crippen LogP contribution in [0.4, 0.5) is 0 Å². The summed E-state index contributed by atoms with van der Waals surface area (Å²) in [5.41, 5.74) is 5.03. The van der Waals surface area contributed by atoms with E-state index in [0.717, 1.165) is 22.3 Å². The predicted molar refractivity (Wildman–Crippen MR) is 152 cm³/mol. The standard InChI is InChI=1S/C32H52S2/c1-27(2)15-17-32(26-33-19-20-34-26)18-16-30(6)22(23(32)21-27)9-10-25-29(5)13-8-12-28(3,4)24(29)11-14-31(25,30)7/h9,23-26H,8,10-21H2,1-7H3/t23-,24-,25+,29-,30+,31+,32-/m0/s1. The molecule has 6 aliphatic rings. The number of fused-ring (bicyclic) bond motifs is 7. The molecule has 0 radical (unpaired) electrons. The van der Waals surface area contributed by atoms with Crippen molar-refractivity contribution in [3.8, 4) is 0 Å². The molecule has 0 spiro atoms. The molecule has 0 unspecified atom stereocenters. The minimum absolute atomic E-state index is 0.418. The van der Waals surface area contributed by atoms with E-state index < -0.39 is 0 Å². The maximum absolute atomic E-state index is 2.91. The second-order valence-corrected chi connectivity index (χ2v) is 18.6. The van der Waals surface area contributed by atoms with Gasteiger partial charge in [-0.3, -0.25) is 0 Å². The van der Waals surface area contributed by atoms with Gasteiger partial charge in [0.1, 0.15) is 0 Å². The smallest absolute Gasteiger partial charge is 0.0564 e. The quantitative estimate of drug-likeness (QED) is 0.328. The van der Waals surface area contributed by atoms with Crippen LogP contribution >= 0.6 is 23.5 Å². The Morgan fingerprint density at radius 2 is 1.47 bits per heavy atom. The molecule has 1 aliphatic heterocycles. The van der Waals surface area contributed by atoms with Crippen LogP contribution in [0.3, 0.4) is 0 Å². The first-order valence-corrected chi connectivity index (χ1v) is 16.9. The number of thioether (sulfide) groups is 2. The third kappa shape index (κ3) is 3.18. The Morgan fingerprint density at radius 1 is 0.765 bits per heavy atom. The van der Waals surface area contributed by atoms with Gasteiger partial charge in [0.25, 0.3) is 0 Å². The van der Waals surface area contributed by atoms with Crippen molar-refractivity contribution in [3.63, 3.8) is 0 Å². The van der Waals surface area contributed by atoms with Crippen molar-refractivity contribution in [2.45, 2.75) is 124 Å². The van der Waals surface area contributed by atoms with Gasteiger partial charge in [0.15, 0.2) is 0 Å². The molecule has 5 aliphatic carbocycles. The molecule has 0 amide bonds. The fourth-order valence-electron chi connectivity index (χ4n) is 11.5. The average molecular weight is 501 g/mol. The van der Waals surface area contributed by atoms with Gasteiger partial charge in [-0.15, -0.1) is 23.5 Å². The highest BCUT2D eigenvalue weighted by Crippen LogP contribution is 2.77. The first-order chi connectivity index (χ1) is 15.9. The molecule has 192 valence electrons. The molecule has 0 aromatic carbocycles. The lowest BCUT2D eigenvalue weighted by Crippen LogP contribution is -2.63. The molecular formula is C32H52S2. The fourth-order valence-corrected chi connectivity index (χ4v) is 15.1. The third-order valence-electron chi connectivity index (χ3n) is 13.5. The molecule has 7 atom stereocenters. The summed E-state index contributed by atoms with van der Waals surface area (Å²) in [6.45, 7) is 18.7. The lowest BCUT2D eigenvalue weighted by atomic mass is 9.34.